The first-order chi connectivity index (χ1) is 13.1. The van der Waals surface area contributed by atoms with Crippen LogP contribution in [0, 0.1) is 0 Å². The molecule has 0 unspecified atom stereocenters. The fraction of sp³-hybridized carbons (Fsp3) is 0.474. The van der Waals surface area contributed by atoms with Crippen molar-refractivity contribution in [3.05, 3.63) is 41.7 Å². The van der Waals surface area contributed by atoms with Gasteiger partial charge < -0.3 is 10.6 Å². The van der Waals surface area contributed by atoms with Crippen molar-refractivity contribution in [2.45, 2.75) is 31.6 Å². The van der Waals surface area contributed by atoms with Gasteiger partial charge in [-0.05, 0) is 31.5 Å². The van der Waals surface area contributed by atoms with E-state index in [2.05, 4.69) is 26.0 Å². The molecule has 27 heavy (non-hydrogen) atoms. The Bertz CT molecular complexity index is 768. The average Bonchev–Trinajstić information content (AvgIpc) is 3.04. The van der Waals surface area contributed by atoms with Gasteiger partial charge in [0, 0.05) is 25.9 Å². The topological polar surface area (TPSA) is 101 Å². The monoisotopic (exact) mass is 370 g/mol. The summed E-state index contributed by atoms with van der Waals surface area (Å²) < 4.78 is 1.60. The second kappa shape index (κ2) is 9.27. The molecule has 8 heteroatoms. The number of nitrogens with zero attached hydrogens (tertiary/aromatic N) is 3. The summed E-state index contributed by atoms with van der Waals surface area (Å²) in [5.74, 6) is 1.28. The molecule has 0 aliphatic carbocycles. The Morgan fingerprint density at radius 3 is 2.67 bits per heavy atom. The number of anilines is 1. The first-order valence-electron chi connectivity index (χ1n) is 9.34. The predicted molar refractivity (Wildman–Crippen MR) is 102 cm³/mol. The summed E-state index contributed by atoms with van der Waals surface area (Å²) in [5.41, 5.74) is 0.948. The third-order valence-corrected chi connectivity index (χ3v) is 4.62. The highest BCUT2D eigenvalue weighted by Gasteiger charge is 2.21. The zero-order valence-corrected chi connectivity index (χ0v) is 15.6. The first-order valence-corrected chi connectivity index (χ1v) is 9.34. The lowest BCUT2D eigenvalue weighted by molar-refractivity contribution is -0.120. The number of rotatable bonds is 7. The minimum absolute atomic E-state index is 0.0964. The van der Waals surface area contributed by atoms with Crippen LogP contribution in [0.15, 0.2) is 30.3 Å². The van der Waals surface area contributed by atoms with Gasteiger partial charge in [0.1, 0.15) is 0 Å². The van der Waals surface area contributed by atoms with E-state index < -0.39 is 0 Å². The van der Waals surface area contributed by atoms with Gasteiger partial charge in [-0.1, -0.05) is 30.3 Å². The summed E-state index contributed by atoms with van der Waals surface area (Å²) in [6, 6.07) is 9.51. The van der Waals surface area contributed by atoms with Crippen LogP contribution in [0.2, 0.25) is 0 Å². The fourth-order valence-electron chi connectivity index (χ4n) is 3.11. The Morgan fingerprint density at radius 2 is 1.93 bits per heavy atom. The predicted octanol–water partition coefficient (Wildman–Crippen LogP) is 0.970. The van der Waals surface area contributed by atoms with Crippen molar-refractivity contribution in [2.24, 2.45) is 7.05 Å². The summed E-state index contributed by atoms with van der Waals surface area (Å²) in [7, 11) is 1.77. The van der Waals surface area contributed by atoms with Crippen molar-refractivity contribution < 1.29 is 9.59 Å². The summed E-state index contributed by atoms with van der Waals surface area (Å²) in [6.07, 6.45) is 2.51. The molecule has 2 aromatic rings. The Morgan fingerprint density at radius 1 is 1.19 bits per heavy atom. The highest BCUT2D eigenvalue weighted by molar-refractivity contribution is 5.89. The van der Waals surface area contributed by atoms with Crippen LogP contribution >= 0.6 is 0 Å². The largest absolute Gasteiger partial charge is 0.355 e. The third-order valence-electron chi connectivity index (χ3n) is 4.62. The standard InChI is InChI=1S/C19H26N6O2/c1-25-19(23-18(24-25)15-7-10-20-11-8-15)22-16(26)9-12-21-17(27)13-14-5-3-2-4-6-14/h2-6,15,20H,7-13H2,1H3,(H,21,27)(H,22,23,24,26). The number of nitrogens with one attached hydrogen (secondary N) is 3. The van der Waals surface area contributed by atoms with Crippen LogP contribution in [0.5, 0.6) is 0 Å². The Labute approximate surface area is 158 Å². The molecular weight excluding hydrogens is 344 g/mol. The number of aryl methyl sites for hydroxylation is 1. The Hall–Kier alpha value is -2.74. The molecule has 1 aromatic carbocycles. The van der Waals surface area contributed by atoms with Crippen LogP contribution in [0.4, 0.5) is 5.95 Å². The van der Waals surface area contributed by atoms with E-state index in [0.29, 0.717) is 18.3 Å². The molecule has 2 amide bonds. The summed E-state index contributed by atoms with van der Waals surface area (Å²) >= 11 is 0. The SMILES string of the molecule is Cn1nc(C2CCNCC2)nc1NC(=O)CCNC(=O)Cc1ccccc1. The van der Waals surface area contributed by atoms with Crippen molar-refractivity contribution in [1.29, 1.82) is 0 Å². The maximum Gasteiger partial charge on any atom is 0.228 e. The molecule has 0 atom stereocenters. The van der Waals surface area contributed by atoms with Crippen LogP contribution < -0.4 is 16.0 Å². The van der Waals surface area contributed by atoms with Crippen LogP contribution in [0.1, 0.15) is 36.6 Å². The van der Waals surface area contributed by atoms with E-state index in [1.165, 1.54) is 0 Å². The maximum atomic E-state index is 12.1. The number of carbonyl (C=O) groups excluding carboxylic acids is 2. The van der Waals surface area contributed by atoms with Gasteiger partial charge in [-0.15, -0.1) is 0 Å². The van der Waals surface area contributed by atoms with Gasteiger partial charge in [0.05, 0.1) is 6.42 Å². The van der Waals surface area contributed by atoms with E-state index in [9.17, 15) is 9.59 Å². The van der Waals surface area contributed by atoms with Crippen molar-refractivity contribution in [2.75, 3.05) is 25.0 Å². The smallest absolute Gasteiger partial charge is 0.228 e. The molecule has 1 aliphatic rings. The first kappa shape index (κ1) is 19.0. The number of carbonyl (C=O) groups is 2. The lowest BCUT2D eigenvalue weighted by Gasteiger charge is -2.19. The summed E-state index contributed by atoms with van der Waals surface area (Å²) in [6.45, 7) is 2.22. The molecular formula is C19H26N6O2. The van der Waals surface area contributed by atoms with E-state index in [1.54, 1.807) is 11.7 Å². The lowest BCUT2D eigenvalue weighted by atomic mass is 9.98. The number of aromatic nitrogens is 3. The second-order valence-electron chi connectivity index (χ2n) is 6.75. The molecule has 1 aliphatic heterocycles. The zero-order valence-electron chi connectivity index (χ0n) is 15.6. The normalized spacial score (nSPS) is 14.7. The quantitative estimate of drug-likeness (QED) is 0.674. The highest BCUT2D eigenvalue weighted by atomic mass is 16.2. The molecule has 1 aromatic heterocycles. The van der Waals surface area contributed by atoms with E-state index in [0.717, 1.165) is 37.3 Å². The van der Waals surface area contributed by atoms with Gasteiger partial charge in [0.2, 0.25) is 17.8 Å². The van der Waals surface area contributed by atoms with Crippen molar-refractivity contribution in [1.82, 2.24) is 25.4 Å². The van der Waals surface area contributed by atoms with Gasteiger partial charge in [-0.25, -0.2) is 4.68 Å². The lowest BCUT2D eigenvalue weighted by Crippen LogP contribution is -2.29. The molecule has 0 spiro atoms. The number of amides is 2. The van der Waals surface area contributed by atoms with E-state index >= 15 is 0 Å². The number of hydrogen-bond donors (Lipinski definition) is 3. The maximum absolute atomic E-state index is 12.1. The fourth-order valence-corrected chi connectivity index (χ4v) is 3.11. The number of piperidine rings is 1. The van der Waals surface area contributed by atoms with Crippen LogP contribution in [0.3, 0.4) is 0 Å². The number of hydrogen-bond acceptors (Lipinski definition) is 5. The van der Waals surface area contributed by atoms with E-state index in [1.807, 2.05) is 30.3 Å². The Kier molecular flexibility index (Phi) is 6.54. The van der Waals surface area contributed by atoms with Gasteiger partial charge in [-0.3, -0.25) is 14.9 Å². The minimum Gasteiger partial charge on any atom is -0.355 e. The molecule has 8 nitrogen and oxygen atoms in total. The molecule has 1 saturated heterocycles. The molecule has 0 bridgehead atoms. The summed E-state index contributed by atoms with van der Waals surface area (Å²) in [5, 5.41) is 13.3. The minimum atomic E-state index is -0.192. The van der Waals surface area contributed by atoms with Crippen molar-refractivity contribution >= 4 is 17.8 Å². The van der Waals surface area contributed by atoms with E-state index in [-0.39, 0.29) is 24.8 Å². The molecule has 0 saturated carbocycles. The average molecular weight is 370 g/mol. The van der Waals surface area contributed by atoms with Gasteiger partial charge in [0.25, 0.3) is 0 Å². The van der Waals surface area contributed by atoms with Crippen LogP contribution in [-0.2, 0) is 23.1 Å². The zero-order chi connectivity index (χ0) is 19.1. The second-order valence-corrected chi connectivity index (χ2v) is 6.75. The highest BCUT2D eigenvalue weighted by Crippen LogP contribution is 2.23. The van der Waals surface area contributed by atoms with Gasteiger partial charge in [0.15, 0.2) is 5.82 Å². The van der Waals surface area contributed by atoms with Gasteiger partial charge in [-0.2, -0.15) is 10.1 Å². The van der Waals surface area contributed by atoms with Gasteiger partial charge >= 0.3 is 0 Å². The summed E-state index contributed by atoms with van der Waals surface area (Å²) in [4.78, 5) is 28.5. The third kappa shape index (κ3) is 5.62. The van der Waals surface area contributed by atoms with Crippen molar-refractivity contribution in [3.8, 4) is 0 Å². The number of benzene rings is 1. The molecule has 3 rings (SSSR count). The molecule has 1 fully saturated rings. The van der Waals surface area contributed by atoms with Crippen LogP contribution in [0.25, 0.3) is 0 Å². The van der Waals surface area contributed by atoms with E-state index in [4.69, 9.17) is 0 Å². The molecule has 0 radical (unpaired) electrons. The molecule has 2 heterocycles. The Balaban J connectivity index is 1.42. The molecule has 144 valence electrons. The van der Waals surface area contributed by atoms with Crippen molar-refractivity contribution in [3.63, 3.8) is 0 Å². The van der Waals surface area contributed by atoms with Crippen LogP contribution in [-0.4, -0.2) is 46.2 Å². The molecule has 3 N–H and O–H groups in total.